The van der Waals surface area contributed by atoms with Gasteiger partial charge < -0.3 is 5.32 Å². The van der Waals surface area contributed by atoms with Gasteiger partial charge in [-0.15, -0.1) is 0 Å². The first kappa shape index (κ1) is 25.4. The second-order valence-corrected chi connectivity index (χ2v) is 7.55. The lowest BCUT2D eigenvalue weighted by atomic mass is 9.96. The second kappa shape index (κ2) is 9.71. The number of hydrogen-bond donors (Lipinski definition) is 1. The van der Waals surface area contributed by atoms with Gasteiger partial charge in [-0.1, -0.05) is 65.6 Å². The third kappa shape index (κ3) is 7.05. The Kier molecular flexibility index (Phi) is 7.94. The monoisotopic (exact) mass is 505 g/mol. The highest BCUT2D eigenvalue weighted by atomic mass is 35.5. The van der Waals surface area contributed by atoms with E-state index in [0.29, 0.717) is 6.08 Å². The standard InChI is InChI=1S/C20H13Cl3F7N/c1-10(31-9-19(25,26)27)11-2-4-12(5-3-11)17(24)8-14(20(28,29)30)13-6-15(21)18(23)16(22)7-13/h2-8,14,31H,1,9H2/b17-8-. The smallest absolute Gasteiger partial charge is 0.376 e. The molecular weight excluding hydrogens is 494 g/mol. The Labute approximate surface area is 188 Å². The quantitative estimate of drug-likeness (QED) is 0.306. The Morgan fingerprint density at radius 2 is 1.42 bits per heavy atom. The molecule has 2 aromatic rings. The molecule has 0 aliphatic rings. The highest BCUT2D eigenvalue weighted by molar-refractivity contribution is 6.48. The molecule has 0 spiro atoms. The van der Waals surface area contributed by atoms with Gasteiger partial charge in [0, 0.05) is 11.3 Å². The van der Waals surface area contributed by atoms with E-state index in [1.54, 1.807) is 0 Å². The van der Waals surface area contributed by atoms with Crippen molar-refractivity contribution in [1.82, 2.24) is 5.32 Å². The molecule has 168 valence electrons. The summed E-state index contributed by atoms with van der Waals surface area (Å²) in [6.07, 6.45) is -8.98. The summed E-state index contributed by atoms with van der Waals surface area (Å²) in [5, 5.41) is 1.49. The maximum atomic E-state index is 14.6. The number of alkyl halides is 6. The Balaban J connectivity index is 2.31. The minimum atomic E-state index is -4.87. The van der Waals surface area contributed by atoms with Crippen LogP contribution in [-0.2, 0) is 0 Å². The van der Waals surface area contributed by atoms with Gasteiger partial charge in [0.2, 0.25) is 0 Å². The van der Waals surface area contributed by atoms with E-state index in [0.717, 1.165) is 24.3 Å². The van der Waals surface area contributed by atoms with Crippen LogP contribution < -0.4 is 5.32 Å². The van der Waals surface area contributed by atoms with Crippen LogP contribution in [0.4, 0.5) is 30.7 Å². The van der Waals surface area contributed by atoms with E-state index in [1.807, 2.05) is 0 Å². The predicted molar refractivity (Wildman–Crippen MR) is 109 cm³/mol. The van der Waals surface area contributed by atoms with Crippen molar-refractivity contribution in [2.24, 2.45) is 0 Å². The average molecular weight is 507 g/mol. The van der Waals surface area contributed by atoms with Crippen molar-refractivity contribution >= 4 is 46.3 Å². The molecule has 1 N–H and O–H groups in total. The molecule has 1 nitrogen and oxygen atoms in total. The van der Waals surface area contributed by atoms with Crippen LogP contribution in [0, 0.1) is 0 Å². The molecule has 1 atom stereocenters. The Morgan fingerprint density at radius 1 is 0.935 bits per heavy atom. The van der Waals surface area contributed by atoms with Gasteiger partial charge in [0.15, 0.2) is 0 Å². The third-order valence-electron chi connectivity index (χ3n) is 4.04. The highest BCUT2D eigenvalue weighted by Gasteiger charge is 2.40. The van der Waals surface area contributed by atoms with E-state index in [9.17, 15) is 30.7 Å². The van der Waals surface area contributed by atoms with Gasteiger partial charge in [0.05, 0.1) is 15.1 Å². The normalized spacial score (nSPS) is 13.8. The molecule has 0 fully saturated rings. The molecule has 0 saturated carbocycles. The van der Waals surface area contributed by atoms with Gasteiger partial charge in [0.25, 0.3) is 0 Å². The lowest BCUT2D eigenvalue weighted by Gasteiger charge is -2.19. The summed E-state index contributed by atoms with van der Waals surface area (Å²) >= 11 is 17.3. The van der Waals surface area contributed by atoms with E-state index in [1.165, 1.54) is 12.1 Å². The van der Waals surface area contributed by atoms with Crippen LogP contribution in [-0.4, -0.2) is 18.9 Å². The van der Waals surface area contributed by atoms with Gasteiger partial charge in [-0.3, -0.25) is 0 Å². The topological polar surface area (TPSA) is 12.0 Å². The number of allylic oxidation sites excluding steroid dienone is 1. The summed E-state index contributed by atoms with van der Waals surface area (Å²) in [5.74, 6) is -3.58. The molecule has 2 rings (SSSR count). The van der Waals surface area contributed by atoms with E-state index in [-0.39, 0.29) is 31.9 Å². The maximum absolute atomic E-state index is 14.6. The molecule has 11 heteroatoms. The van der Waals surface area contributed by atoms with Crippen molar-refractivity contribution in [3.8, 4) is 0 Å². The Bertz CT molecular complexity index is 957. The molecule has 1 unspecified atom stereocenters. The lowest BCUT2D eigenvalue weighted by Crippen LogP contribution is -2.27. The van der Waals surface area contributed by atoms with Crippen LogP contribution in [0.15, 0.2) is 49.1 Å². The summed E-state index contributed by atoms with van der Waals surface area (Å²) in [7, 11) is 0. The first-order chi connectivity index (χ1) is 14.2. The van der Waals surface area contributed by atoms with Crippen molar-refractivity contribution < 1.29 is 30.7 Å². The van der Waals surface area contributed by atoms with E-state index in [4.69, 9.17) is 34.8 Å². The average Bonchev–Trinajstić information content (AvgIpc) is 2.66. The molecule has 0 aliphatic carbocycles. The molecule has 0 amide bonds. The summed E-state index contributed by atoms with van der Waals surface area (Å²) in [5.41, 5.74) is -0.493. The first-order valence-corrected chi connectivity index (χ1v) is 9.51. The first-order valence-electron chi connectivity index (χ1n) is 8.38. The van der Waals surface area contributed by atoms with Crippen molar-refractivity contribution in [1.29, 1.82) is 0 Å². The lowest BCUT2D eigenvalue weighted by molar-refractivity contribution is -0.139. The summed E-state index contributed by atoms with van der Waals surface area (Å²) in [6, 6.07) is 6.59. The Hall–Kier alpha value is -1.90. The van der Waals surface area contributed by atoms with Gasteiger partial charge in [-0.05, 0) is 29.3 Å². The zero-order chi connectivity index (χ0) is 23.6. The SMILES string of the molecule is C=C(NCC(F)(F)F)c1ccc(/C(F)=C/C(c2cc(Cl)c(Cl)c(Cl)c2)C(F)(F)F)cc1. The molecule has 31 heavy (non-hydrogen) atoms. The number of hydrogen-bond acceptors (Lipinski definition) is 1. The van der Waals surface area contributed by atoms with Gasteiger partial charge in [0.1, 0.15) is 18.3 Å². The minimum absolute atomic E-state index is 0.0770. The van der Waals surface area contributed by atoms with Crippen LogP contribution >= 0.6 is 34.8 Å². The fourth-order valence-electron chi connectivity index (χ4n) is 2.52. The second-order valence-electron chi connectivity index (χ2n) is 6.36. The summed E-state index contributed by atoms with van der Waals surface area (Å²) in [4.78, 5) is 0. The number of rotatable bonds is 6. The third-order valence-corrected chi connectivity index (χ3v) is 5.24. The van der Waals surface area contributed by atoms with Crippen LogP contribution in [0.25, 0.3) is 11.5 Å². The molecule has 0 saturated heterocycles. The van der Waals surface area contributed by atoms with Crippen molar-refractivity contribution in [3.05, 3.63) is 80.8 Å². The fraction of sp³-hybridized carbons (Fsp3) is 0.200. The minimum Gasteiger partial charge on any atom is -0.376 e. The number of benzene rings is 2. The summed E-state index contributed by atoms with van der Waals surface area (Å²) in [6.45, 7) is 2.12. The van der Waals surface area contributed by atoms with Crippen molar-refractivity contribution in [2.75, 3.05) is 6.54 Å². The van der Waals surface area contributed by atoms with Crippen molar-refractivity contribution in [3.63, 3.8) is 0 Å². The summed E-state index contributed by atoms with van der Waals surface area (Å²) < 4.78 is 92.0. The number of halogens is 10. The van der Waals surface area contributed by atoms with E-state index < -0.39 is 36.2 Å². The van der Waals surface area contributed by atoms with E-state index in [2.05, 4.69) is 11.9 Å². The Morgan fingerprint density at radius 3 is 1.87 bits per heavy atom. The van der Waals surface area contributed by atoms with Gasteiger partial charge in [-0.25, -0.2) is 4.39 Å². The molecule has 0 aliphatic heterocycles. The zero-order valence-electron chi connectivity index (χ0n) is 15.3. The highest BCUT2D eigenvalue weighted by Crippen LogP contribution is 2.42. The van der Waals surface area contributed by atoms with Gasteiger partial charge >= 0.3 is 12.4 Å². The molecule has 0 radical (unpaired) electrons. The van der Waals surface area contributed by atoms with Crippen LogP contribution in [0.3, 0.4) is 0 Å². The predicted octanol–water partition coefficient (Wildman–Crippen LogP) is 8.43. The largest absolute Gasteiger partial charge is 0.405 e. The number of nitrogens with one attached hydrogen (secondary N) is 1. The molecule has 0 aromatic heterocycles. The van der Waals surface area contributed by atoms with Crippen molar-refractivity contribution in [2.45, 2.75) is 18.3 Å². The molecular formula is C20H13Cl3F7N. The molecule has 0 heterocycles. The molecule has 2 aromatic carbocycles. The van der Waals surface area contributed by atoms with Crippen LogP contribution in [0.5, 0.6) is 0 Å². The van der Waals surface area contributed by atoms with Crippen LogP contribution in [0.1, 0.15) is 22.6 Å². The van der Waals surface area contributed by atoms with Gasteiger partial charge in [-0.2, -0.15) is 26.3 Å². The molecule has 0 bridgehead atoms. The fourth-order valence-corrected chi connectivity index (χ4v) is 3.13. The maximum Gasteiger partial charge on any atom is 0.405 e. The zero-order valence-corrected chi connectivity index (χ0v) is 17.6. The van der Waals surface area contributed by atoms with E-state index >= 15 is 0 Å². The van der Waals surface area contributed by atoms with Crippen LogP contribution in [0.2, 0.25) is 15.1 Å².